The molecule has 1 aromatic carbocycles. The molecular formula is C14H16N6S. The van der Waals surface area contributed by atoms with Crippen LogP contribution in [0.25, 0.3) is 5.69 Å². The van der Waals surface area contributed by atoms with Crippen LogP contribution in [0.4, 0.5) is 5.95 Å². The minimum Gasteiger partial charge on any atom is -0.342 e. The van der Waals surface area contributed by atoms with E-state index in [9.17, 15) is 0 Å². The molecular weight excluding hydrogens is 284 g/mol. The molecule has 0 fully saturated rings. The number of hydrogen-bond acceptors (Lipinski definition) is 6. The van der Waals surface area contributed by atoms with Gasteiger partial charge < -0.3 is 4.90 Å². The molecule has 0 aliphatic heterocycles. The van der Waals surface area contributed by atoms with Gasteiger partial charge in [0, 0.05) is 31.1 Å². The number of aromatic nitrogens is 5. The van der Waals surface area contributed by atoms with Crippen molar-refractivity contribution in [1.29, 1.82) is 0 Å². The van der Waals surface area contributed by atoms with Crippen LogP contribution in [0.1, 0.15) is 17.8 Å². The standard InChI is InChI=1S/C14H16N6S/c1-11(13-15-8-9-21-13)10-19(2)14-16-17-18-20(14)12-6-4-3-5-7-12/h3-9,11H,10H2,1-2H3/t11-/m0/s1. The van der Waals surface area contributed by atoms with E-state index in [-0.39, 0.29) is 0 Å². The predicted molar refractivity (Wildman–Crippen MR) is 83.0 cm³/mol. The quantitative estimate of drug-likeness (QED) is 0.724. The zero-order valence-electron chi connectivity index (χ0n) is 11.9. The molecule has 0 saturated heterocycles. The number of para-hydroxylation sites is 1. The van der Waals surface area contributed by atoms with Gasteiger partial charge in [-0.2, -0.15) is 4.68 Å². The van der Waals surface area contributed by atoms with Crippen molar-refractivity contribution in [3.05, 3.63) is 46.9 Å². The van der Waals surface area contributed by atoms with Crippen molar-refractivity contribution in [3.63, 3.8) is 0 Å². The summed E-state index contributed by atoms with van der Waals surface area (Å²) in [5, 5.41) is 15.1. The topological polar surface area (TPSA) is 59.7 Å². The summed E-state index contributed by atoms with van der Waals surface area (Å²) in [7, 11) is 2.00. The number of benzene rings is 1. The van der Waals surface area contributed by atoms with Crippen LogP contribution in [0, 0.1) is 0 Å². The van der Waals surface area contributed by atoms with Crippen LogP contribution in [0.3, 0.4) is 0 Å². The molecule has 1 atom stereocenters. The van der Waals surface area contributed by atoms with Crippen LogP contribution in [0.2, 0.25) is 0 Å². The zero-order chi connectivity index (χ0) is 14.7. The number of nitrogens with zero attached hydrogens (tertiary/aromatic N) is 6. The molecule has 0 N–H and O–H groups in total. The van der Waals surface area contributed by atoms with Crippen LogP contribution in [0.15, 0.2) is 41.9 Å². The summed E-state index contributed by atoms with van der Waals surface area (Å²) in [5.41, 5.74) is 0.950. The maximum Gasteiger partial charge on any atom is 0.250 e. The Bertz CT molecular complexity index is 679. The van der Waals surface area contributed by atoms with Crippen molar-refractivity contribution >= 4 is 17.3 Å². The van der Waals surface area contributed by atoms with E-state index in [2.05, 4.69) is 32.3 Å². The van der Waals surface area contributed by atoms with E-state index < -0.39 is 0 Å². The van der Waals surface area contributed by atoms with E-state index in [1.54, 1.807) is 16.0 Å². The normalized spacial score (nSPS) is 12.3. The lowest BCUT2D eigenvalue weighted by molar-refractivity contribution is 0.700. The fraction of sp³-hybridized carbons (Fsp3) is 0.286. The molecule has 108 valence electrons. The summed E-state index contributed by atoms with van der Waals surface area (Å²) in [6, 6.07) is 9.88. The molecule has 6 nitrogen and oxygen atoms in total. The van der Waals surface area contributed by atoms with Crippen molar-refractivity contribution in [2.24, 2.45) is 0 Å². The Morgan fingerprint density at radius 2 is 2.10 bits per heavy atom. The van der Waals surface area contributed by atoms with Gasteiger partial charge in [0.05, 0.1) is 10.7 Å². The molecule has 0 aliphatic rings. The highest BCUT2D eigenvalue weighted by Crippen LogP contribution is 2.21. The van der Waals surface area contributed by atoms with Gasteiger partial charge in [-0.05, 0) is 22.6 Å². The Kier molecular flexibility index (Phi) is 3.92. The van der Waals surface area contributed by atoms with Gasteiger partial charge in [-0.15, -0.1) is 11.3 Å². The minimum atomic E-state index is 0.330. The molecule has 0 bridgehead atoms. The SMILES string of the molecule is C[C@@H](CN(C)c1nnnn1-c1ccccc1)c1nccs1. The summed E-state index contributed by atoms with van der Waals surface area (Å²) < 4.78 is 1.74. The highest BCUT2D eigenvalue weighted by Gasteiger charge is 2.17. The number of likely N-dealkylation sites (N-methyl/N-ethyl adjacent to an activating group) is 1. The van der Waals surface area contributed by atoms with Crippen LogP contribution < -0.4 is 4.90 Å². The summed E-state index contributed by atoms with van der Waals surface area (Å²) in [6.45, 7) is 2.96. The van der Waals surface area contributed by atoms with Gasteiger partial charge in [-0.25, -0.2) is 4.98 Å². The third-order valence-electron chi connectivity index (χ3n) is 3.22. The van der Waals surface area contributed by atoms with Gasteiger partial charge in [-0.1, -0.05) is 30.2 Å². The number of thiazole rings is 1. The van der Waals surface area contributed by atoms with Crippen molar-refractivity contribution in [3.8, 4) is 5.69 Å². The van der Waals surface area contributed by atoms with Crippen molar-refractivity contribution in [2.45, 2.75) is 12.8 Å². The molecule has 0 radical (unpaired) electrons. The van der Waals surface area contributed by atoms with Crippen LogP contribution >= 0.6 is 11.3 Å². The van der Waals surface area contributed by atoms with E-state index in [1.807, 2.05) is 49.0 Å². The maximum atomic E-state index is 4.36. The van der Waals surface area contributed by atoms with Gasteiger partial charge in [0.2, 0.25) is 5.95 Å². The molecule has 2 aromatic heterocycles. The lowest BCUT2D eigenvalue weighted by Crippen LogP contribution is -2.26. The molecule has 3 aromatic rings. The number of rotatable bonds is 5. The Balaban J connectivity index is 1.80. The Labute approximate surface area is 127 Å². The fourth-order valence-electron chi connectivity index (χ4n) is 2.21. The first-order valence-corrected chi connectivity index (χ1v) is 7.58. The first kappa shape index (κ1) is 13.7. The van der Waals surface area contributed by atoms with E-state index >= 15 is 0 Å². The van der Waals surface area contributed by atoms with Crippen LogP contribution in [0.5, 0.6) is 0 Å². The van der Waals surface area contributed by atoms with Crippen molar-refractivity contribution in [1.82, 2.24) is 25.2 Å². The third kappa shape index (κ3) is 2.92. The molecule has 7 heteroatoms. The third-order valence-corrected chi connectivity index (χ3v) is 4.22. The molecule has 0 aliphatic carbocycles. The monoisotopic (exact) mass is 300 g/mol. The Hall–Kier alpha value is -2.28. The van der Waals surface area contributed by atoms with E-state index in [0.29, 0.717) is 5.92 Å². The second-order valence-corrected chi connectivity index (χ2v) is 5.80. The molecule has 0 spiro atoms. The summed E-state index contributed by atoms with van der Waals surface area (Å²) in [4.78, 5) is 6.42. The minimum absolute atomic E-state index is 0.330. The van der Waals surface area contributed by atoms with Crippen LogP contribution in [-0.2, 0) is 0 Å². The molecule has 2 heterocycles. The largest absolute Gasteiger partial charge is 0.342 e. The lowest BCUT2D eigenvalue weighted by Gasteiger charge is -2.20. The molecule has 3 rings (SSSR count). The molecule has 0 amide bonds. The van der Waals surface area contributed by atoms with Gasteiger partial charge in [0.1, 0.15) is 0 Å². The van der Waals surface area contributed by atoms with E-state index in [1.165, 1.54) is 0 Å². The van der Waals surface area contributed by atoms with E-state index in [4.69, 9.17) is 0 Å². The van der Waals surface area contributed by atoms with Crippen molar-refractivity contribution < 1.29 is 0 Å². The van der Waals surface area contributed by atoms with Crippen LogP contribution in [-0.4, -0.2) is 38.8 Å². The van der Waals surface area contributed by atoms with Gasteiger partial charge in [-0.3, -0.25) is 0 Å². The zero-order valence-corrected chi connectivity index (χ0v) is 12.7. The van der Waals surface area contributed by atoms with Gasteiger partial charge >= 0.3 is 0 Å². The fourth-order valence-corrected chi connectivity index (χ4v) is 2.89. The van der Waals surface area contributed by atoms with Gasteiger partial charge in [0.15, 0.2) is 0 Å². The smallest absolute Gasteiger partial charge is 0.250 e. The highest BCUT2D eigenvalue weighted by molar-refractivity contribution is 7.09. The average Bonchev–Trinajstić information content (AvgIpc) is 3.19. The Morgan fingerprint density at radius 3 is 2.81 bits per heavy atom. The summed E-state index contributed by atoms with van der Waals surface area (Å²) in [5.74, 6) is 1.06. The van der Waals surface area contributed by atoms with E-state index in [0.717, 1.165) is 23.2 Å². The summed E-state index contributed by atoms with van der Waals surface area (Å²) >= 11 is 1.67. The molecule has 0 unspecified atom stereocenters. The number of hydrogen-bond donors (Lipinski definition) is 0. The predicted octanol–water partition coefficient (Wildman–Crippen LogP) is 2.36. The molecule has 0 saturated carbocycles. The maximum absolute atomic E-state index is 4.36. The average molecular weight is 300 g/mol. The highest BCUT2D eigenvalue weighted by atomic mass is 32.1. The number of anilines is 1. The van der Waals surface area contributed by atoms with Gasteiger partial charge in [0.25, 0.3) is 0 Å². The first-order valence-electron chi connectivity index (χ1n) is 6.70. The number of tetrazole rings is 1. The second kappa shape index (κ2) is 6.01. The molecule has 21 heavy (non-hydrogen) atoms. The summed E-state index contributed by atoms with van der Waals surface area (Å²) in [6.07, 6.45) is 1.84. The lowest BCUT2D eigenvalue weighted by atomic mass is 10.2. The second-order valence-electron chi connectivity index (χ2n) is 4.88. The first-order chi connectivity index (χ1) is 10.3. The van der Waals surface area contributed by atoms with Crippen molar-refractivity contribution in [2.75, 3.05) is 18.5 Å². The Morgan fingerprint density at radius 1 is 1.29 bits per heavy atom.